The maximum Gasteiger partial charge on any atom is 0.254 e. The van der Waals surface area contributed by atoms with Crippen LogP contribution < -0.4 is 4.74 Å². The second-order valence-electron chi connectivity index (χ2n) is 8.77. The first kappa shape index (κ1) is 21.4. The van der Waals surface area contributed by atoms with Crippen molar-refractivity contribution in [2.45, 2.75) is 39.0 Å². The number of hydrogen-bond acceptors (Lipinski definition) is 3. The molecule has 164 valence electrons. The Labute approximate surface area is 185 Å². The average molecular weight is 421 g/mol. The molecule has 2 aliphatic heterocycles. The standard InChI is InChI=1S/C26H32N2O3/c1-20-9-3-4-13-24(20)26(30)28-16-8-10-21(18-28)19-31-23-12-7-11-22(17-23)25(29)27-14-5-2-6-15-27/h3-4,7,9,11-13,17,21H,2,5-6,8,10,14-16,18-19H2,1H3. The Morgan fingerprint density at radius 3 is 2.48 bits per heavy atom. The van der Waals surface area contributed by atoms with Crippen LogP contribution in [-0.4, -0.2) is 54.4 Å². The van der Waals surface area contributed by atoms with Crippen molar-refractivity contribution in [1.29, 1.82) is 0 Å². The minimum Gasteiger partial charge on any atom is -0.493 e. The molecule has 2 amide bonds. The van der Waals surface area contributed by atoms with Crippen molar-refractivity contribution in [3.63, 3.8) is 0 Å². The molecular weight excluding hydrogens is 388 g/mol. The summed E-state index contributed by atoms with van der Waals surface area (Å²) in [7, 11) is 0. The van der Waals surface area contributed by atoms with E-state index < -0.39 is 0 Å². The molecule has 5 nitrogen and oxygen atoms in total. The zero-order valence-electron chi connectivity index (χ0n) is 18.4. The number of carbonyl (C=O) groups is 2. The highest BCUT2D eigenvalue weighted by Gasteiger charge is 2.26. The number of ether oxygens (including phenoxy) is 1. The molecule has 0 aliphatic carbocycles. The van der Waals surface area contributed by atoms with E-state index >= 15 is 0 Å². The molecule has 0 N–H and O–H groups in total. The maximum atomic E-state index is 13.0. The molecule has 4 rings (SSSR count). The van der Waals surface area contributed by atoms with Gasteiger partial charge in [0.1, 0.15) is 5.75 Å². The molecule has 2 saturated heterocycles. The molecule has 0 bridgehead atoms. The molecule has 2 fully saturated rings. The summed E-state index contributed by atoms with van der Waals surface area (Å²) in [6.07, 6.45) is 5.41. The maximum absolute atomic E-state index is 13.0. The number of benzene rings is 2. The minimum atomic E-state index is 0.0952. The van der Waals surface area contributed by atoms with Crippen molar-refractivity contribution in [3.05, 3.63) is 65.2 Å². The number of piperidine rings is 2. The Morgan fingerprint density at radius 2 is 1.68 bits per heavy atom. The van der Waals surface area contributed by atoms with Crippen LogP contribution in [0.25, 0.3) is 0 Å². The highest BCUT2D eigenvalue weighted by Crippen LogP contribution is 2.23. The molecular formula is C26H32N2O3. The van der Waals surface area contributed by atoms with Gasteiger partial charge in [-0.15, -0.1) is 0 Å². The predicted molar refractivity (Wildman–Crippen MR) is 121 cm³/mol. The zero-order chi connectivity index (χ0) is 21.6. The highest BCUT2D eigenvalue weighted by molar-refractivity contribution is 5.96. The Balaban J connectivity index is 1.34. The monoisotopic (exact) mass is 420 g/mol. The van der Waals surface area contributed by atoms with Gasteiger partial charge >= 0.3 is 0 Å². The van der Waals surface area contributed by atoms with E-state index in [2.05, 4.69) is 0 Å². The summed E-state index contributed by atoms with van der Waals surface area (Å²) in [5.74, 6) is 1.23. The minimum absolute atomic E-state index is 0.0952. The van der Waals surface area contributed by atoms with Crippen molar-refractivity contribution in [2.24, 2.45) is 5.92 Å². The third-order valence-corrected chi connectivity index (χ3v) is 6.39. The molecule has 0 aromatic heterocycles. The van der Waals surface area contributed by atoms with Crippen LogP contribution in [0.5, 0.6) is 5.75 Å². The van der Waals surface area contributed by atoms with Crippen molar-refractivity contribution in [1.82, 2.24) is 9.80 Å². The zero-order valence-corrected chi connectivity index (χ0v) is 18.4. The number of aryl methyl sites for hydroxylation is 1. The lowest BCUT2D eigenvalue weighted by Gasteiger charge is -2.33. The largest absolute Gasteiger partial charge is 0.493 e. The molecule has 31 heavy (non-hydrogen) atoms. The molecule has 2 heterocycles. The summed E-state index contributed by atoms with van der Waals surface area (Å²) in [5, 5.41) is 0. The van der Waals surface area contributed by atoms with Crippen LogP contribution in [0.15, 0.2) is 48.5 Å². The fourth-order valence-corrected chi connectivity index (χ4v) is 4.58. The first-order valence-corrected chi connectivity index (χ1v) is 11.5. The van der Waals surface area contributed by atoms with Gasteiger partial charge in [-0.25, -0.2) is 0 Å². The molecule has 2 aromatic rings. The number of carbonyl (C=O) groups excluding carboxylic acids is 2. The lowest BCUT2D eigenvalue weighted by molar-refractivity contribution is 0.0631. The molecule has 2 aliphatic rings. The summed E-state index contributed by atoms with van der Waals surface area (Å²) in [6.45, 7) is 5.73. The van der Waals surface area contributed by atoms with Gasteiger partial charge in [-0.05, 0) is 68.9 Å². The second kappa shape index (κ2) is 9.99. The number of nitrogens with zero attached hydrogens (tertiary/aromatic N) is 2. The van der Waals surface area contributed by atoms with Gasteiger partial charge in [-0.3, -0.25) is 9.59 Å². The fraction of sp³-hybridized carbons (Fsp3) is 0.462. The van der Waals surface area contributed by atoms with Gasteiger partial charge < -0.3 is 14.5 Å². The van der Waals surface area contributed by atoms with E-state index in [4.69, 9.17) is 4.74 Å². The van der Waals surface area contributed by atoms with Gasteiger partial charge in [0.25, 0.3) is 11.8 Å². The van der Waals surface area contributed by atoms with Crippen molar-refractivity contribution < 1.29 is 14.3 Å². The highest BCUT2D eigenvalue weighted by atomic mass is 16.5. The number of hydrogen-bond donors (Lipinski definition) is 0. The topological polar surface area (TPSA) is 49.9 Å². The molecule has 1 unspecified atom stereocenters. The van der Waals surface area contributed by atoms with Crippen LogP contribution in [0.2, 0.25) is 0 Å². The smallest absolute Gasteiger partial charge is 0.254 e. The summed E-state index contributed by atoms with van der Waals surface area (Å²) in [6, 6.07) is 15.3. The molecule has 1 atom stereocenters. The predicted octanol–water partition coefficient (Wildman–Crippen LogP) is 4.55. The van der Waals surface area contributed by atoms with E-state index in [1.807, 2.05) is 65.3 Å². The van der Waals surface area contributed by atoms with Crippen molar-refractivity contribution >= 4 is 11.8 Å². The van der Waals surface area contributed by atoms with E-state index in [9.17, 15) is 9.59 Å². The Bertz CT molecular complexity index is 920. The summed E-state index contributed by atoms with van der Waals surface area (Å²) in [5.41, 5.74) is 2.49. The van der Waals surface area contributed by atoms with Gasteiger partial charge in [-0.1, -0.05) is 24.3 Å². The van der Waals surface area contributed by atoms with Crippen LogP contribution in [0.4, 0.5) is 0 Å². The third-order valence-electron chi connectivity index (χ3n) is 6.39. The molecule has 0 spiro atoms. The normalized spacial score (nSPS) is 19.2. The summed E-state index contributed by atoms with van der Waals surface area (Å²) < 4.78 is 6.07. The van der Waals surface area contributed by atoms with E-state index in [1.165, 1.54) is 6.42 Å². The van der Waals surface area contributed by atoms with Crippen LogP contribution >= 0.6 is 0 Å². The Kier molecular flexibility index (Phi) is 6.90. The SMILES string of the molecule is Cc1ccccc1C(=O)N1CCCC(COc2cccc(C(=O)N3CCCCC3)c2)C1. The molecule has 0 radical (unpaired) electrons. The van der Waals surface area contributed by atoms with Gasteiger partial charge in [0, 0.05) is 43.2 Å². The van der Waals surface area contributed by atoms with Gasteiger partial charge in [0.15, 0.2) is 0 Å². The second-order valence-corrected chi connectivity index (χ2v) is 8.77. The number of amides is 2. The summed E-state index contributed by atoms with van der Waals surface area (Å²) >= 11 is 0. The molecule has 0 saturated carbocycles. The molecule has 2 aromatic carbocycles. The van der Waals surface area contributed by atoms with E-state index in [0.717, 1.165) is 62.2 Å². The van der Waals surface area contributed by atoms with Crippen LogP contribution in [0, 0.1) is 12.8 Å². The van der Waals surface area contributed by atoms with Crippen LogP contribution in [-0.2, 0) is 0 Å². The summed E-state index contributed by atoms with van der Waals surface area (Å²) in [4.78, 5) is 29.6. The third kappa shape index (κ3) is 5.27. The van der Waals surface area contributed by atoms with E-state index in [1.54, 1.807) is 0 Å². The van der Waals surface area contributed by atoms with Crippen LogP contribution in [0.3, 0.4) is 0 Å². The number of rotatable bonds is 5. The van der Waals surface area contributed by atoms with Gasteiger partial charge in [-0.2, -0.15) is 0 Å². The average Bonchev–Trinajstić information content (AvgIpc) is 2.83. The first-order chi connectivity index (χ1) is 15.1. The van der Waals surface area contributed by atoms with Gasteiger partial charge in [0.2, 0.25) is 0 Å². The molecule has 5 heteroatoms. The number of likely N-dealkylation sites (tertiary alicyclic amines) is 2. The Hall–Kier alpha value is -2.82. The Morgan fingerprint density at radius 1 is 0.903 bits per heavy atom. The van der Waals surface area contributed by atoms with Gasteiger partial charge in [0.05, 0.1) is 6.61 Å². The van der Waals surface area contributed by atoms with Crippen LogP contribution in [0.1, 0.15) is 58.4 Å². The van der Waals surface area contributed by atoms with E-state index in [-0.39, 0.29) is 11.8 Å². The van der Waals surface area contributed by atoms with Crippen molar-refractivity contribution in [2.75, 3.05) is 32.8 Å². The lowest BCUT2D eigenvalue weighted by Crippen LogP contribution is -2.41. The van der Waals surface area contributed by atoms with E-state index in [0.29, 0.717) is 24.6 Å². The quantitative estimate of drug-likeness (QED) is 0.713. The fourth-order valence-electron chi connectivity index (χ4n) is 4.58. The lowest BCUT2D eigenvalue weighted by atomic mass is 9.97. The van der Waals surface area contributed by atoms with Crippen molar-refractivity contribution in [3.8, 4) is 5.75 Å². The first-order valence-electron chi connectivity index (χ1n) is 11.5.